The van der Waals surface area contributed by atoms with Crippen molar-refractivity contribution in [3.05, 3.63) is 80.1 Å². The van der Waals surface area contributed by atoms with Gasteiger partial charge >= 0.3 is 0 Å². The second-order valence-electron chi connectivity index (χ2n) is 10.00. The number of rotatable bonds is 6. The number of carbonyl (C=O) groups is 1. The first-order chi connectivity index (χ1) is 16.4. The quantitative estimate of drug-likeness (QED) is 0.341. The van der Waals surface area contributed by atoms with Gasteiger partial charge in [-0.25, -0.2) is 0 Å². The maximum absolute atomic E-state index is 13.3. The van der Waals surface area contributed by atoms with Crippen LogP contribution >= 0.6 is 27.3 Å². The minimum absolute atomic E-state index is 0.0124. The Hall–Kier alpha value is -2.31. The molecule has 5 rings (SSSR count). The van der Waals surface area contributed by atoms with E-state index in [0.717, 1.165) is 51.2 Å². The largest absolute Gasteiger partial charge is 0.488 e. The zero-order valence-electron chi connectivity index (χ0n) is 19.9. The molecule has 0 bridgehead atoms. The predicted molar refractivity (Wildman–Crippen MR) is 143 cm³/mol. The zero-order valence-corrected chi connectivity index (χ0v) is 22.3. The monoisotopic (exact) mass is 538 g/mol. The van der Waals surface area contributed by atoms with Crippen molar-refractivity contribution in [3.8, 4) is 5.75 Å². The van der Waals surface area contributed by atoms with Crippen LogP contribution in [0.4, 0.5) is 5.00 Å². The van der Waals surface area contributed by atoms with Gasteiger partial charge in [-0.3, -0.25) is 4.79 Å². The van der Waals surface area contributed by atoms with Crippen molar-refractivity contribution in [1.29, 1.82) is 0 Å². The molecule has 0 radical (unpaired) electrons. The third kappa shape index (κ3) is 4.50. The first-order valence-electron chi connectivity index (χ1n) is 12.0. The summed E-state index contributed by atoms with van der Waals surface area (Å²) in [5.41, 5.74) is 4.45. The summed E-state index contributed by atoms with van der Waals surface area (Å²) in [6.45, 7) is 7.51. The summed E-state index contributed by atoms with van der Waals surface area (Å²) in [4.78, 5) is 14.7. The lowest BCUT2D eigenvalue weighted by Gasteiger charge is -2.36. The summed E-state index contributed by atoms with van der Waals surface area (Å²) >= 11 is 5.36. The lowest BCUT2D eigenvalue weighted by Crippen LogP contribution is -2.38. The van der Waals surface area contributed by atoms with Crippen LogP contribution in [0.5, 0.6) is 5.75 Å². The standard InChI is InChI=1S/C28H31BrN2O2S/c1-4-28(2,3)18-10-12-20-23(14-18)34-27-24(20)26(32)30-25(31-27)21-15-19(29)11-13-22(21)33-16-17-8-6-5-7-9-17/h5-9,11,13,15,18,25,31H,4,10,12,14,16H2,1-3H3,(H,30,32)/t18-,25-/m1/s1. The van der Waals surface area contributed by atoms with E-state index in [4.69, 9.17) is 4.74 Å². The minimum atomic E-state index is -0.341. The highest BCUT2D eigenvalue weighted by Gasteiger charge is 2.37. The van der Waals surface area contributed by atoms with E-state index >= 15 is 0 Å². The number of halogens is 1. The Kier molecular flexibility index (Phi) is 6.47. The Morgan fingerprint density at radius 2 is 1.94 bits per heavy atom. The maximum atomic E-state index is 13.3. The Labute approximate surface area is 214 Å². The van der Waals surface area contributed by atoms with Crippen molar-refractivity contribution in [1.82, 2.24) is 5.32 Å². The Balaban J connectivity index is 1.41. The number of hydrogen-bond acceptors (Lipinski definition) is 4. The van der Waals surface area contributed by atoms with Crippen LogP contribution in [0.1, 0.15) is 71.7 Å². The first-order valence-corrected chi connectivity index (χ1v) is 13.6. The number of fused-ring (bicyclic) bond motifs is 3. The Morgan fingerprint density at radius 3 is 2.71 bits per heavy atom. The summed E-state index contributed by atoms with van der Waals surface area (Å²) in [5.74, 6) is 1.44. The molecule has 2 aliphatic rings. The fourth-order valence-electron chi connectivity index (χ4n) is 5.02. The number of hydrogen-bond donors (Lipinski definition) is 2. The molecule has 2 atom stereocenters. The van der Waals surface area contributed by atoms with Gasteiger partial charge in [0, 0.05) is 14.9 Å². The van der Waals surface area contributed by atoms with E-state index in [1.807, 2.05) is 36.4 Å². The maximum Gasteiger partial charge on any atom is 0.256 e. The van der Waals surface area contributed by atoms with Gasteiger partial charge in [0.2, 0.25) is 0 Å². The number of ether oxygens (including phenoxy) is 1. The van der Waals surface area contributed by atoms with E-state index in [0.29, 0.717) is 17.9 Å². The molecule has 4 nitrogen and oxygen atoms in total. The Bertz CT molecular complexity index is 1200. The Morgan fingerprint density at radius 1 is 1.15 bits per heavy atom. The lowest BCUT2D eigenvalue weighted by molar-refractivity contribution is 0.0934. The lowest BCUT2D eigenvalue weighted by atomic mass is 9.69. The molecule has 1 amide bonds. The normalized spacial score (nSPS) is 19.6. The van der Waals surface area contributed by atoms with Crippen molar-refractivity contribution in [2.45, 2.75) is 59.2 Å². The molecule has 2 N–H and O–H groups in total. The fourth-order valence-corrected chi connectivity index (χ4v) is 6.75. The van der Waals surface area contributed by atoms with Gasteiger partial charge in [-0.05, 0) is 59.9 Å². The number of carbonyl (C=O) groups excluding carboxylic acids is 1. The molecule has 1 aliphatic heterocycles. The molecule has 1 aliphatic carbocycles. The van der Waals surface area contributed by atoms with E-state index in [1.54, 1.807) is 11.3 Å². The third-order valence-electron chi connectivity index (χ3n) is 7.58. The molecule has 0 spiro atoms. The number of benzene rings is 2. The summed E-state index contributed by atoms with van der Waals surface area (Å²) in [6.07, 6.45) is 4.03. The van der Waals surface area contributed by atoms with Crippen molar-refractivity contribution in [2.75, 3.05) is 5.32 Å². The van der Waals surface area contributed by atoms with Crippen LogP contribution in [0.3, 0.4) is 0 Å². The van der Waals surface area contributed by atoms with Gasteiger partial charge in [0.1, 0.15) is 23.5 Å². The fraction of sp³-hybridized carbons (Fsp3) is 0.393. The number of nitrogens with one attached hydrogen (secondary N) is 2. The number of amides is 1. The molecular weight excluding hydrogens is 508 g/mol. The van der Waals surface area contributed by atoms with Crippen LogP contribution in [-0.2, 0) is 19.4 Å². The average Bonchev–Trinajstić information content (AvgIpc) is 3.22. The predicted octanol–water partition coefficient (Wildman–Crippen LogP) is 7.48. The molecule has 2 heterocycles. The zero-order chi connectivity index (χ0) is 23.9. The smallest absolute Gasteiger partial charge is 0.256 e. The molecule has 0 saturated heterocycles. The minimum Gasteiger partial charge on any atom is -0.488 e. The third-order valence-corrected chi connectivity index (χ3v) is 9.26. The molecule has 3 aromatic rings. The molecule has 178 valence electrons. The van der Waals surface area contributed by atoms with Gasteiger partial charge < -0.3 is 15.4 Å². The summed E-state index contributed by atoms with van der Waals surface area (Å²) in [5, 5.41) is 7.81. The SMILES string of the molecule is CCC(C)(C)[C@@H]1CCc2c(sc3c2C(=O)N[C@@H](c2cc(Br)ccc2OCc2ccccc2)N3)C1. The van der Waals surface area contributed by atoms with E-state index in [9.17, 15) is 4.79 Å². The molecule has 2 aromatic carbocycles. The highest BCUT2D eigenvalue weighted by molar-refractivity contribution is 9.10. The van der Waals surface area contributed by atoms with E-state index in [1.165, 1.54) is 16.9 Å². The van der Waals surface area contributed by atoms with Gasteiger partial charge in [-0.2, -0.15) is 0 Å². The molecule has 0 unspecified atom stereocenters. The molecular formula is C28H31BrN2O2S. The second kappa shape index (κ2) is 9.38. The van der Waals surface area contributed by atoms with Crippen molar-refractivity contribution >= 4 is 38.2 Å². The van der Waals surface area contributed by atoms with Crippen molar-refractivity contribution < 1.29 is 9.53 Å². The van der Waals surface area contributed by atoms with Gasteiger partial charge in [0.15, 0.2) is 0 Å². The van der Waals surface area contributed by atoms with Gasteiger partial charge in [-0.15, -0.1) is 11.3 Å². The highest BCUT2D eigenvalue weighted by Crippen LogP contribution is 2.47. The average molecular weight is 540 g/mol. The van der Waals surface area contributed by atoms with Crippen LogP contribution in [0, 0.1) is 11.3 Å². The number of thiophene rings is 1. The first kappa shape index (κ1) is 23.4. The van der Waals surface area contributed by atoms with Crippen LogP contribution < -0.4 is 15.4 Å². The van der Waals surface area contributed by atoms with Crippen LogP contribution in [0.25, 0.3) is 0 Å². The molecule has 1 aromatic heterocycles. The van der Waals surface area contributed by atoms with Gasteiger partial charge in [-0.1, -0.05) is 73.5 Å². The van der Waals surface area contributed by atoms with Crippen molar-refractivity contribution in [3.63, 3.8) is 0 Å². The second-order valence-corrected chi connectivity index (χ2v) is 12.0. The van der Waals surface area contributed by atoms with Crippen molar-refractivity contribution in [2.24, 2.45) is 11.3 Å². The molecule has 6 heteroatoms. The van der Waals surface area contributed by atoms with E-state index in [2.05, 4.69) is 59.5 Å². The number of anilines is 1. The summed E-state index contributed by atoms with van der Waals surface area (Å²) in [6, 6.07) is 16.1. The topological polar surface area (TPSA) is 50.4 Å². The van der Waals surface area contributed by atoms with Crippen LogP contribution in [-0.4, -0.2) is 5.91 Å². The highest BCUT2D eigenvalue weighted by atomic mass is 79.9. The summed E-state index contributed by atoms with van der Waals surface area (Å²) in [7, 11) is 0. The van der Waals surface area contributed by atoms with Crippen LogP contribution in [0.15, 0.2) is 53.0 Å². The molecule has 0 saturated carbocycles. The van der Waals surface area contributed by atoms with Gasteiger partial charge in [0.25, 0.3) is 5.91 Å². The molecule has 34 heavy (non-hydrogen) atoms. The molecule has 0 fully saturated rings. The van der Waals surface area contributed by atoms with E-state index < -0.39 is 0 Å². The van der Waals surface area contributed by atoms with E-state index in [-0.39, 0.29) is 12.1 Å². The van der Waals surface area contributed by atoms with Gasteiger partial charge in [0.05, 0.1) is 5.56 Å². The summed E-state index contributed by atoms with van der Waals surface area (Å²) < 4.78 is 7.14. The van der Waals surface area contributed by atoms with Crippen LogP contribution in [0.2, 0.25) is 0 Å².